The molecule has 1 nitrogen and oxygen atoms in total. The Labute approximate surface area is 106 Å². The lowest BCUT2D eigenvalue weighted by molar-refractivity contribution is 0.0743. The number of rotatable bonds is 2. The third-order valence-electron chi connectivity index (χ3n) is 4.50. The lowest BCUT2D eigenvalue weighted by Crippen LogP contribution is -2.19. The van der Waals surface area contributed by atoms with Crippen LogP contribution < -0.4 is 0 Å². The Hall–Kier alpha value is -0.600. The van der Waals surface area contributed by atoms with Crippen LogP contribution in [0.2, 0.25) is 5.02 Å². The second-order valence-corrected chi connectivity index (χ2v) is 5.80. The van der Waals surface area contributed by atoms with Gasteiger partial charge in [0, 0.05) is 5.56 Å². The van der Waals surface area contributed by atoms with Crippen LogP contribution in [0.1, 0.15) is 37.4 Å². The van der Waals surface area contributed by atoms with E-state index in [1.165, 1.54) is 25.3 Å². The molecule has 17 heavy (non-hydrogen) atoms. The van der Waals surface area contributed by atoms with Crippen molar-refractivity contribution in [2.45, 2.75) is 31.8 Å². The van der Waals surface area contributed by atoms with Crippen molar-refractivity contribution >= 4 is 11.6 Å². The molecular formula is C14H16ClFO. The highest BCUT2D eigenvalue weighted by Crippen LogP contribution is 2.53. The molecule has 2 saturated carbocycles. The van der Waals surface area contributed by atoms with E-state index >= 15 is 0 Å². The summed E-state index contributed by atoms with van der Waals surface area (Å²) in [5.74, 6) is 1.21. The summed E-state index contributed by atoms with van der Waals surface area (Å²) in [6.07, 6.45) is 4.20. The molecule has 2 aliphatic rings. The number of hydrogen-bond donors (Lipinski definition) is 1. The molecule has 2 bridgehead atoms. The molecule has 0 amide bonds. The van der Waals surface area contributed by atoms with Crippen LogP contribution >= 0.6 is 11.6 Å². The van der Waals surface area contributed by atoms with E-state index in [1.54, 1.807) is 12.1 Å². The van der Waals surface area contributed by atoms with Crippen LogP contribution in [-0.4, -0.2) is 5.11 Å². The minimum atomic E-state index is -0.603. The molecule has 4 unspecified atom stereocenters. The van der Waals surface area contributed by atoms with E-state index in [9.17, 15) is 9.50 Å². The fourth-order valence-corrected chi connectivity index (χ4v) is 3.90. The van der Waals surface area contributed by atoms with Crippen molar-refractivity contribution < 1.29 is 9.50 Å². The summed E-state index contributed by atoms with van der Waals surface area (Å²) in [5, 5.41) is 10.5. The van der Waals surface area contributed by atoms with Crippen LogP contribution in [0.5, 0.6) is 0 Å². The molecule has 0 radical (unpaired) electrons. The molecule has 4 atom stereocenters. The van der Waals surface area contributed by atoms with E-state index in [-0.39, 0.29) is 10.9 Å². The lowest BCUT2D eigenvalue weighted by atomic mass is 9.82. The lowest BCUT2D eigenvalue weighted by Gasteiger charge is -2.27. The summed E-state index contributed by atoms with van der Waals surface area (Å²) >= 11 is 5.93. The Kier molecular flexibility index (Phi) is 2.87. The summed E-state index contributed by atoms with van der Waals surface area (Å²) in [4.78, 5) is 0. The third-order valence-corrected chi connectivity index (χ3v) is 4.90. The van der Waals surface area contributed by atoms with E-state index in [1.807, 2.05) is 0 Å². The molecular weight excluding hydrogens is 239 g/mol. The van der Waals surface area contributed by atoms with E-state index in [4.69, 9.17) is 11.6 Å². The maximum Gasteiger partial charge on any atom is 0.142 e. The summed E-state index contributed by atoms with van der Waals surface area (Å²) in [6, 6.07) is 4.69. The predicted molar refractivity (Wildman–Crippen MR) is 65.3 cm³/mol. The quantitative estimate of drug-likeness (QED) is 0.847. The van der Waals surface area contributed by atoms with Gasteiger partial charge in [0.25, 0.3) is 0 Å². The molecule has 1 aromatic carbocycles. The first-order chi connectivity index (χ1) is 8.16. The Morgan fingerprint density at radius 1 is 1.29 bits per heavy atom. The molecule has 0 heterocycles. The second kappa shape index (κ2) is 4.25. The molecule has 0 aliphatic heterocycles. The van der Waals surface area contributed by atoms with Crippen LogP contribution in [0.25, 0.3) is 0 Å². The third kappa shape index (κ3) is 1.88. The maximum absolute atomic E-state index is 13.4. The van der Waals surface area contributed by atoms with Gasteiger partial charge < -0.3 is 5.11 Å². The molecule has 3 rings (SSSR count). The molecule has 3 heteroatoms. The fraction of sp³-hybridized carbons (Fsp3) is 0.571. The van der Waals surface area contributed by atoms with Crippen molar-refractivity contribution in [1.82, 2.24) is 0 Å². The zero-order chi connectivity index (χ0) is 12.0. The number of fused-ring (bicyclic) bond motifs is 2. The number of aliphatic hydroxyl groups excluding tert-OH is 1. The van der Waals surface area contributed by atoms with Crippen LogP contribution in [0.4, 0.5) is 4.39 Å². The topological polar surface area (TPSA) is 20.2 Å². The van der Waals surface area contributed by atoms with E-state index in [2.05, 4.69) is 0 Å². The first kappa shape index (κ1) is 11.5. The first-order valence-corrected chi connectivity index (χ1v) is 6.66. The highest BCUT2D eigenvalue weighted by Gasteiger charge is 2.43. The Morgan fingerprint density at radius 2 is 2.12 bits per heavy atom. The van der Waals surface area contributed by atoms with Gasteiger partial charge in [-0.2, -0.15) is 0 Å². The Balaban J connectivity index is 1.86. The van der Waals surface area contributed by atoms with E-state index in [0.29, 0.717) is 11.5 Å². The van der Waals surface area contributed by atoms with E-state index < -0.39 is 11.9 Å². The fourth-order valence-electron chi connectivity index (χ4n) is 3.66. The highest BCUT2D eigenvalue weighted by molar-refractivity contribution is 6.31. The second-order valence-electron chi connectivity index (χ2n) is 5.43. The average molecular weight is 255 g/mol. The van der Waals surface area contributed by atoms with Crippen molar-refractivity contribution in [2.24, 2.45) is 17.8 Å². The monoisotopic (exact) mass is 254 g/mol. The van der Waals surface area contributed by atoms with Crippen LogP contribution in [0.15, 0.2) is 18.2 Å². The Bertz CT molecular complexity index is 434. The van der Waals surface area contributed by atoms with Crippen LogP contribution in [-0.2, 0) is 0 Å². The van der Waals surface area contributed by atoms with Crippen molar-refractivity contribution in [3.8, 4) is 0 Å². The molecule has 2 aliphatic carbocycles. The van der Waals surface area contributed by atoms with Gasteiger partial charge in [0.05, 0.1) is 11.1 Å². The van der Waals surface area contributed by atoms with Crippen molar-refractivity contribution in [3.63, 3.8) is 0 Å². The summed E-state index contributed by atoms with van der Waals surface area (Å²) in [5.41, 5.74) is 0.559. The average Bonchev–Trinajstić information content (AvgIpc) is 2.94. The van der Waals surface area contributed by atoms with Gasteiger partial charge in [0.1, 0.15) is 5.82 Å². The van der Waals surface area contributed by atoms with Gasteiger partial charge in [-0.05, 0) is 43.1 Å². The summed E-state index contributed by atoms with van der Waals surface area (Å²) in [6.45, 7) is 0. The van der Waals surface area contributed by atoms with Gasteiger partial charge in [0.2, 0.25) is 0 Å². The first-order valence-electron chi connectivity index (χ1n) is 6.29. The van der Waals surface area contributed by atoms with Crippen molar-refractivity contribution in [1.29, 1.82) is 0 Å². The highest BCUT2D eigenvalue weighted by atomic mass is 35.5. The largest absolute Gasteiger partial charge is 0.388 e. The van der Waals surface area contributed by atoms with Crippen molar-refractivity contribution in [3.05, 3.63) is 34.6 Å². The van der Waals surface area contributed by atoms with Gasteiger partial charge in [-0.15, -0.1) is 0 Å². The van der Waals surface area contributed by atoms with Gasteiger partial charge in [-0.1, -0.05) is 30.2 Å². The summed E-state index contributed by atoms with van der Waals surface area (Å²) in [7, 11) is 0. The molecule has 0 spiro atoms. The standard InChI is InChI=1S/C14H16ClFO/c15-13-10(2-1-3-12(13)16)14(17)11-7-8-4-5-9(11)6-8/h1-3,8-9,11,14,17H,4-7H2. The molecule has 92 valence electrons. The molecule has 1 aromatic rings. The maximum atomic E-state index is 13.4. The SMILES string of the molecule is OC(c1cccc(F)c1Cl)C1CC2CCC1C2. The predicted octanol–water partition coefficient (Wildman–Crippen LogP) is 3.95. The number of hydrogen-bond acceptors (Lipinski definition) is 1. The smallest absolute Gasteiger partial charge is 0.142 e. The zero-order valence-electron chi connectivity index (χ0n) is 9.57. The van der Waals surface area contributed by atoms with E-state index in [0.717, 1.165) is 12.3 Å². The zero-order valence-corrected chi connectivity index (χ0v) is 10.3. The minimum Gasteiger partial charge on any atom is -0.388 e. The van der Waals surface area contributed by atoms with Crippen LogP contribution in [0, 0.1) is 23.6 Å². The minimum absolute atomic E-state index is 0.0859. The number of aliphatic hydroxyl groups is 1. The van der Waals surface area contributed by atoms with Crippen LogP contribution in [0.3, 0.4) is 0 Å². The van der Waals surface area contributed by atoms with Gasteiger partial charge in [-0.3, -0.25) is 0 Å². The molecule has 1 N–H and O–H groups in total. The molecule has 0 saturated heterocycles. The van der Waals surface area contributed by atoms with Gasteiger partial charge in [-0.25, -0.2) is 4.39 Å². The van der Waals surface area contributed by atoms with Gasteiger partial charge in [0.15, 0.2) is 0 Å². The molecule has 2 fully saturated rings. The normalized spacial score (nSPS) is 33.0. The van der Waals surface area contributed by atoms with Crippen molar-refractivity contribution in [2.75, 3.05) is 0 Å². The van der Waals surface area contributed by atoms with Gasteiger partial charge >= 0.3 is 0 Å². The number of halogens is 2. The summed E-state index contributed by atoms with van der Waals surface area (Å²) < 4.78 is 13.4. The molecule has 0 aromatic heterocycles. The Morgan fingerprint density at radius 3 is 2.76 bits per heavy atom. The number of benzene rings is 1.